The van der Waals surface area contributed by atoms with Crippen molar-refractivity contribution in [3.8, 4) is 0 Å². The summed E-state index contributed by atoms with van der Waals surface area (Å²) in [5.74, 6) is 0.784. The van der Waals surface area contributed by atoms with Crippen LogP contribution in [-0.4, -0.2) is 17.0 Å². The molecule has 1 heterocycles. The SMILES string of the molecule is C=CCC(/C=C/CCS)CC(=C)NCc1ccc(F)c(/C=N/C=C)n1. The first-order valence-electron chi connectivity index (χ1n) is 8.20. The number of pyridine rings is 1. The number of hydrogen-bond acceptors (Lipinski definition) is 4. The van der Waals surface area contributed by atoms with Crippen LogP contribution in [0.4, 0.5) is 4.39 Å². The molecule has 0 aromatic carbocycles. The van der Waals surface area contributed by atoms with Crippen molar-refractivity contribution in [1.29, 1.82) is 0 Å². The molecule has 0 radical (unpaired) electrons. The molecular weight excluding hydrogens is 333 g/mol. The topological polar surface area (TPSA) is 37.3 Å². The van der Waals surface area contributed by atoms with E-state index < -0.39 is 5.82 Å². The third-order valence-corrected chi connectivity index (χ3v) is 3.69. The van der Waals surface area contributed by atoms with Crippen LogP contribution in [0.1, 0.15) is 30.7 Å². The predicted octanol–water partition coefficient (Wildman–Crippen LogP) is 4.84. The highest BCUT2D eigenvalue weighted by molar-refractivity contribution is 7.80. The van der Waals surface area contributed by atoms with Gasteiger partial charge < -0.3 is 5.32 Å². The van der Waals surface area contributed by atoms with Crippen LogP contribution in [-0.2, 0) is 6.54 Å². The molecule has 25 heavy (non-hydrogen) atoms. The Morgan fingerprint density at radius 3 is 2.88 bits per heavy atom. The van der Waals surface area contributed by atoms with Crippen LogP contribution in [0, 0.1) is 11.7 Å². The van der Waals surface area contributed by atoms with Crippen LogP contribution in [0.25, 0.3) is 0 Å². The Morgan fingerprint density at radius 2 is 2.20 bits per heavy atom. The summed E-state index contributed by atoms with van der Waals surface area (Å²) in [6.07, 6.45) is 11.6. The van der Waals surface area contributed by atoms with Gasteiger partial charge in [-0.2, -0.15) is 12.6 Å². The second kappa shape index (κ2) is 12.3. The van der Waals surface area contributed by atoms with Crippen LogP contribution >= 0.6 is 12.6 Å². The fourth-order valence-electron chi connectivity index (χ4n) is 2.22. The van der Waals surface area contributed by atoms with Crippen molar-refractivity contribution in [2.45, 2.75) is 25.8 Å². The highest BCUT2D eigenvalue weighted by Gasteiger charge is 2.07. The molecule has 0 saturated carbocycles. The zero-order valence-electron chi connectivity index (χ0n) is 14.5. The molecule has 134 valence electrons. The predicted molar refractivity (Wildman–Crippen MR) is 108 cm³/mol. The van der Waals surface area contributed by atoms with Gasteiger partial charge in [-0.25, -0.2) is 9.37 Å². The number of halogens is 1. The van der Waals surface area contributed by atoms with E-state index in [4.69, 9.17) is 0 Å². The first-order valence-corrected chi connectivity index (χ1v) is 8.83. The summed E-state index contributed by atoms with van der Waals surface area (Å²) in [7, 11) is 0. The molecule has 5 heteroatoms. The second-order valence-corrected chi connectivity index (χ2v) is 5.96. The Labute approximate surface area is 155 Å². The van der Waals surface area contributed by atoms with Crippen molar-refractivity contribution in [2.75, 3.05) is 5.75 Å². The van der Waals surface area contributed by atoms with Gasteiger partial charge in [0, 0.05) is 11.9 Å². The molecule has 3 nitrogen and oxygen atoms in total. The number of aromatic nitrogens is 1. The van der Waals surface area contributed by atoms with Crippen LogP contribution in [0.3, 0.4) is 0 Å². The molecule has 1 rings (SSSR count). The van der Waals surface area contributed by atoms with Gasteiger partial charge in [0.1, 0.15) is 11.5 Å². The van der Waals surface area contributed by atoms with Gasteiger partial charge in [0.15, 0.2) is 0 Å². The molecule has 1 aromatic heterocycles. The normalized spacial score (nSPS) is 12.4. The summed E-state index contributed by atoms with van der Waals surface area (Å²) in [6.45, 7) is 11.8. The zero-order chi connectivity index (χ0) is 18.5. The summed E-state index contributed by atoms with van der Waals surface area (Å²) >= 11 is 4.21. The molecular formula is C20H26FN3S. The molecule has 1 unspecified atom stereocenters. The number of allylic oxidation sites excluding steroid dienone is 4. The van der Waals surface area contributed by atoms with E-state index in [0.29, 0.717) is 12.5 Å². The van der Waals surface area contributed by atoms with E-state index >= 15 is 0 Å². The fraction of sp³-hybridized carbons (Fsp3) is 0.300. The summed E-state index contributed by atoms with van der Waals surface area (Å²) in [5.41, 5.74) is 1.83. The molecule has 1 atom stereocenters. The maximum atomic E-state index is 13.6. The number of nitrogens with zero attached hydrogens (tertiary/aromatic N) is 2. The summed E-state index contributed by atoms with van der Waals surface area (Å²) < 4.78 is 13.6. The van der Waals surface area contributed by atoms with E-state index in [9.17, 15) is 4.39 Å². The van der Waals surface area contributed by atoms with Gasteiger partial charge in [0.05, 0.1) is 18.5 Å². The van der Waals surface area contributed by atoms with E-state index in [1.54, 1.807) is 6.07 Å². The number of nitrogens with one attached hydrogen (secondary N) is 1. The smallest absolute Gasteiger partial charge is 0.150 e. The van der Waals surface area contributed by atoms with E-state index in [1.807, 2.05) is 6.08 Å². The lowest BCUT2D eigenvalue weighted by Gasteiger charge is -2.15. The van der Waals surface area contributed by atoms with E-state index in [-0.39, 0.29) is 5.69 Å². The quantitative estimate of drug-likeness (QED) is 0.318. The molecule has 0 aliphatic heterocycles. The summed E-state index contributed by atoms with van der Waals surface area (Å²) in [6, 6.07) is 3.03. The van der Waals surface area contributed by atoms with E-state index in [1.165, 1.54) is 18.5 Å². The van der Waals surface area contributed by atoms with Crippen LogP contribution < -0.4 is 5.32 Å². The number of thiol groups is 1. The average Bonchev–Trinajstić information content (AvgIpc) is 2.60. The highest BCUT2D eigenvalue weighted by Crippen LogP contribution is 2.16. The molecule has 0 spiro atoms. The minimum absolute atomic E-state index is 0.198. The first-order chi connectivity index (χ1) is 12.1. The molecule has 0 fully saturated rings. The van der Waals surface area contributed by atoms with Crippen molar-refractivity contribution in [1.82, 2.24) is 10.3 Å². The largest absolute Gasteiger partial charge is 0.383 e. The lowest BCUT2D eigenvalue weighted by molar-refractivity contribution is 0.602. The van der Waals surface area contributed by atoms with Crippen molar-refractivity contribution in [3.63, 3.8) is 0 Å². The van der Waals surface area contributed by atoms with E-state index in [2.05, 4.69) is 59.8 Å². The second-order valence-electron chi connectivity index (χ2n) is 5.52. The van der Waals surface area contributed by atoms with Gasteiger partial charge in [0.25, 0.3) is 0 Å². The molecule has 0 aliphatic carbocycles. The first kappa shape index (κ1) is 20.9. The lowest BCUT2D eigenvalue weighted by atomic mass is 9.99. The monoisotopic (exact) mass is 359 g/mol. The Hall–Kier alpha value is -2.14. The Bertz CT molecular complexity index is 638. The van der Waals surface area contributed by atoms with Gasteiger partial charge in [-0.3, -0.25) is 4.99 Å². The van der Waals surface area contributed by atoms with Gasteiger partial charge in [0.2, 0.25) is 0 Å². The van der Waals surface area contributed by atoms with Crippen molar-refractivity contribution >= 4 is 18.8 Å². The van der Waals surface area contributed by atoms with Crippen LogP contribution in [0.2, 0.25) is 0 Å². The minimum Gasteiger partial charge on any atom is -0.383 e. The van der Waals surface area contributed by atoms with Crippen molar-refractivity contribution < 1.29 is 4.39 Å². The third-order valence-electron chi connectivity index (χ3n) is 3.43. The Balaban J connectivity index is 2.61. The highest BCUT2D eigenvalue weighted by atomic mass is 32.1. The molecule has 0 amide bonds. The van der Waals surface area contributed by atoms with Gasteiger partial charge >= 0.3 is 0 Å². The molecule has 0 saturated heterocycles. The van der Waals surface area contributed by atoms with E-state index in [0.717, 1.165) is 36.4 Å². The molecule has 1 N–H and O–H groups in total. The number of hydrogen-bond donors (Lipinski definition) is 2. The molecule has 0 aliphatic rings. The zero-order valence-corrected chi connectivity index (χ0v) is 15.4. The molecule has 1 aromatic rings. The molecule has 0 bridgehead atoms. The Morgan fingerprint density at radius 1 is 1.40 bits per heavy atom. The third kappa shape index (κ3) is 8.49. The Kier molecular flexibility index (Phi) is 10.2. The van der Waals surface area contributed by atoms with Gasteiger partial charge in [-0.1, -0.05) is 31.4 Å². The van der Waals surface area contributed by atoms with Gasteiger partial charge in [-0.05, 0) is 43.1 Å². The van der Waals surface area contributed by atoms with Crippen LogP contribution in [0.5, 0.6) is 0 Å². The maximum Gasteiger partial charge on any atom is 0.150 e. The minimum atomic E-state index is -0.409. The number of rotatable bonds is 12. The van der Waals surface area contributed by atoms with Crippen molar-refractivity contribution in [3.05, 3.63) is 79.2 Å². The lowest BCUT2D eigenvalue weighted by Crippen LogP contribution is -2.16. The fourth-order valence-corrected chi connectivity index (χ4v) is 2.37. The standard InChI is InChI=1S/C20H26FN3S/c1-4-8-17(9-6-7-12-25)13-16(3)23-14-18-10-11-19(21)20(24-18)15-22-5-2/h4-6,9-11,15,17,23,25H,1-3,7-8,12-14H2/b9-6+,22-15+. The maximum absolute atomic E-state index is 13.6. The summed E-state index contributed by atoms with van der Waals surface area (Å²) in [4.78, 5) is 8.05. The van der Waals surface area contributed by atoms with Crippen LogP contribution in [0.15, 0.2) is 67.0 Å². The van der Waals surface area contributed by atoms with Crippen molar-refractivity contribution in [2.24, 2.45) is 10.9 Å². The number of aliphatic imine (C=N–C) groups is 1. The van der Waals surface area contributed by atoms with Gasteiger partial charge in [-0.15, -0.1) is 6.58 Å². The average molecular weight is 360 g/mol. The summed E-state index contributed by atoms with van der Waals surface area (Å²) in [5, 5.41) is 3.25.